The fourth-order valence-electron chi connectivity index (χ4n) is 6.33. The Bertz CT molecular complexity index is 1550. The predicted octanol–water partition coefficient (Wildman–Crippen LogP) is 15.8. The van der Waals surface area contributed by atoms with E-state index in [0.717, 1.165) is 96.3 Å². The zero-order chi connectivity index (χ0) is 48.8. The molecule has 0 spiro atoms. The van der Waals surface area contributed by atoms with Crippen LogP contribution in [0.4, 0.5) is 0 Å². The molecule has 0 radical (unpaired) electrons. The molecule has 0 bridgehead atoms. The number of allylic oxidation sites excluding steroid dienone is 22. The van der Waals surface area contributed by atoms with Crippen LogP contribution in [0.25, 0.3) is 0 Å². The zero-order valence-corrected chi connectivity index (χ0v) is 42.7. The monoisotopic (exact) mass is 950 g/mol. The van der Waals surface area contributed by atoms with Crippen molar-refractivity contribution < 1.29 is 37.6 Å². The van der Waals surface area contributed by atoms with Gasteiger partial charge in [-0.1, -0.05) is 205 Å². The van der Waals surface area contributed by atoms with Gasteiger partial charge in [0.1, 0.15) is 6.61 Å². The Morgan fingerprint density at radius 3 is 1.21 bits per heavy atom. The lowest BCUT2D eigenvalue weighted by Crippen LogP contribution is -2.29. The van der Waals surface area contributed by atoms with E-state index in [1.165, 1.54) is 44.9 Å². The van der Waals surface area contributed by atoms with E-state index < -0.39 is 32.5 Å². The Kier molecular flexibility index (Phi) is 48.6. The molecule has 9 nitrogen and oxygen atoms in total. The minimum Gasteiger partial charge on any atom is -0.462 e. The molecule has 0 saturated carbocycles. The molecule has 0 fully saturated rings. The highest BCUT2D eigenvalue weighted by atomic mass is 31.2. The van der Waals surface area contributed by atoms with Gasteiger partial charge in [-0.2, -0.15) is 0 Å². The summed E-state index contributed by atoms with van der Waals surface area (Å²) >= 11 is 0. The number of hydrogen-bond donors (Lipinski definition) is 2. The van der Waals surface area contributed by atoms with Crippen molar-refractivity contribution in [2.75, 3.05) is 26.4 Å². The molecule has 0 aromatic carbocycles. The van der Waals surface area contributed by atoms with Gasteiger partial charge < -0.3 is 20.1 Å². The van der Waals surface area contributed by atoms with E-state index in [0.29, 0.717) is 12.8 Å². The maximum atomic E-state index is 12.6. The number of phosphoric acid groups is 1. The van der Waals surface area contributed by atoms with Crippen LogP contribution < -0.4 is 5.73 Å². The largest absolute Gasteiger partial charge is 0.472 e. The molecule has 0 aliphatic carbocycles. The van der Waals surface area contributed by atoms with Crippen LogP contribution in [0.5, 0.6) is 0 Å². The summed E-state index contributed by atoms with van der Waals surface area (Å²) in [4.78, 5) is 35.0. The summed E-state index contributed by atoms with van der Waals surface area (Å²) in [5.74, 6) is -0.941. The molecule has 0 rings (SSSR count). The van der Waals surface area contributed by atoms with E-state index in [1.54, 1.807) is 0 Å². The van der Waals surface area contributed by atoms with Gasteiger partial charge in [0.15, 0.2) is 6.10 Å². The molecular formula is C57H92NO8P. The van der Waals surface area contributed by atoms with Crippen molar-refractivity contribution in [1.82, 2.24) is 0 Å². The van der Waals surface area contributed by atoms with Crippen molar-refractivity contribution in [3.8, 4) is 0 Å². The summed E-state index contributed by atoms with van der Waals surface area (Å²) in [6.07, 6.45) is 72.2. The Morgan fingerprint density at radius 1 is 0.448 bits per heavy atom. The normalized spacial score (nSPS) is 14.3. The number of unbranched alkanes of at least 4 members (excludes halogenated alkanes) is 11. The van der Waals surface area contributed by atoms with Gasteiger partial charge in [-0.05, 0) is 96.3 Å². The fourth-order valence-corrected chi connectivity index (χ4v) is 7.10. The van der Waals surface area contributed by atoms with Gasteiger partial charge in [0.05, 0.1) is 13.2 Å². The number of esters is 2. The summed E-state index contributed by atoms with van der Waals surface area (Å²) in [5.41, 5.74) is 5.36. The van der Waals surface area contributed by atoms with Crippen molar-refractivity contribution in [2.24, 2.45) is 5.73 Å². The lowest BCUT2D eigenvalue weighted by molar-refractivity contribution is -0.161. The highest BCUT2D eigenvalue weighted by Crippen LogP contribution is 2.43. The first-order chi connectivity index (χ1) is 32.8. The van der Waals surface area contributed by atoms with E-state index in [2.05, 4.69) is 135 Å². The second-order valence-electron chi connectivity index (χ2n) is 16.3. The number of phosphoric ester groups is 1. The minimum atomic E-state index is -4.41. The number of carbonyl (C=O) groups excluding carboxylic acids is 2. The van der Waals surface area contributed by atoms with Crippen LogP contribution in [-0.2, 0) is 32.7 Å². The average Bonchev–Trinajstić information content (AvgIpc) is 3.32. The van der Waals surface area contributed by atoms with Gasteiger partial charge in [-0.3, -0.25) is 18.6 Å². The Morgan fingerprint density at radius 2 is 0.806 bits per heavy atom. The van der Waals surface area contributed by atoms with Crippen LogP contribution in [0.3, 0.4) is 0 Å². The quantitative estimate of drug-likeness (QED) is 0.0265. The Balaban J connectivity index is 4.15. The highest BCUT2D eigenvalue weighted by Gasteiger charge is 2.25. The molecule has 3 N–H and O–H groups in total. The number of hydrogen-bond acceptors (Lipinski definition) is 8. The van der Waals surface area contributed by atoms with E-state index in [4.69, 9.17) is 24.3 Å². The van der Waals surface area contributed by atoms with Crippen LogP contribution in [0.15, 0.2) is 134 Å². The Hall–Kier alpha value is -3.85. The van der Waals surface area contributed by atoms with Crippen LogP contribution in [0.1, 0.15) is 181 Å². The third-order valence-corrected chi connectivity index (χ3v) is 11.0. The van der Waals surface area contributed by atoms with Crippen LogP contribution in [-0.4, -0.2) is 49.3 Å². The fraction of sp³-hybridized carbons (Fsp3) is 0.579. The second-order valence-corrected chi connectivity index (χ2v) is 17.7. The minimum absolute atomic E-state index is 0.0342. The smallest absolute Gasteiger partial charge is 0.462 e. The first-order valence-electron chi connectivity index (χ1n) is 25.7. The molecule has 67 heavy (non-hydrogen) atoms. The second kappa shape index (κ2) is 51.5. The van der Waals surface area contributed by atoms with Crippen LogP contribution in [0, 0.1) is 0 Å². The summed E-state index contributed by atoms with van der Waals surface area (Å²) in [6.45, 7) is 3.40. The lowest BCUT2D eigenvalue weighted by atomic mass is 10.0. The molecule has 10 heteroatoms. The van der Waals surface area contributed by atoms with Crippen molar-refractivity contribution >= 4 is 19.8 Å². The number of nitrogens with two attached hydrogens (primary N) is 1. The molecular weight excluding hydrogens is 858 g/mol. The maximum absolute atomic E-state index is 12.6. The molecule has 0 aliphatic heterocycles. The predicted molar refractivity (Wildman–Crippen MR) is 284 cm³/mol. The standard InChI is InChI=1S/C57H92NO8P/c1-3-5-7-9-11-13-15-17-19-21-23-24-25-26-27-28-29-30-32-33-35-37-39-41-43-45-47-49-56(59)63-53-55(54-65-67(61,62)64-52-51-58)66-57(60)50-48-46-44-42-40-38-36-34-31-22-20-18-16-14-12-10-8-6-4-2/h5-8,11-14,17-20,23-24,26-27,31,34,38,40,44,46,55H,3-4,9-10,15-16,21-22,25,28-30,32-33,35-37,39,41-43,45,47-54,58H2,1-2H3,(H,61,62)/b7-5-,8-6-,13-11-,14-12-,19-17-,20-18-,24-23-,27-26-,34-31-,40-38-,46-44-. The molecule has 0 saturated heterocycles. The molecule has 0 heterocycles. The molecule has 2 atom stereocenters. The molecule has 2 unspecified atom stereocenters. The molecule has 0 aromatic heterocycles. The number of carbonyl (C=O) groups is 2. The van der Waals surface area contributed by atoms with Gasteiger partial charge in [0.2, 0.25) is 0 Å². The summed E-state index contributed by atoms with van der Waals surface area (Å²) in [5, 5.41) is 0. The average molecular weight is 950 g/mol. The molecule has 0 aliphatic rings. The van der Waals surface area contributed by atoms with Gasteiger partial charge in [-0.25, -0.2) is 4.57 Å². The first-order valence-corrected chi connectivity index (χ1v) is 27.2. The van der Waals surface area contributed by atoms with Gasteiger partial charge in [0.25, 0.3) is 0 Å². The van der Waals surface area contributed by atoms with Crippen molar-refractivity contribution in [2.45, 2.75) is 187 Å². The zero-order valence-electron chi connectivity index (χ0n) is 41.8. The van der Waals surface area contributed by atoms with E-state index in [-0.39, 0.29) is 32.6 Å². The third kappa shape index (κ3) is 51.4. The Labute approximate surface area is 408 Å². The van der Waals surface area contributed by atoms with E-state index in [9.17, 15) is 19.0 Å². The highest BCUT2D eigenvalue weighted by molar-refractivity contribution is 7.47. The number of ether oxygens (including phenoxy) is 2. The van der Waals surface area contributed by atoms with Crippen molar-refractivity contribution in [3.63, 3.8) is 0 Å². The molecule has 378 valence electrons. The number of rotatable bonds is 46. The van der Waals surface area contributed by atoms with E-state index in [1.807, 2.05) is 12.2 Å². The van der Waals surface area contributed by atoms with Gasteiger partial charge in [-0.15, -0.1) is 0 Å². The third-order valence-electron chi connectivity index (χ3n) is 10.0. The SMILES string of the molecule is CC/C=C\C/C=C\C/C=C\C/C=C\C/C=C\C/C=C\CCC(=O)OC(COC(=O)CCCCCCCCCCCCC/C=C\C/C=C\C/C=C\C/C=C\C/C=C\CC)COP(=O)(O)OCCN. The lowest BCUT2D eigenvalue weighted by Gasteiger charge is -2.19. The van der Waals surface area contributed by atoms with Crippen LogP contribution in [0.2, 0.25) is 0 Å². The van der Waals surface area contributed by atoms with Gasteiger partial charge in [0, 0.05) is 19.4 Å². The summed E-state index contributed by atoms with van der Waals surface area (Å²) in [7, 11) is -4.41. The first kappa shape index (κ1) is 63.1. The van der Waals surface area contributed by atoms with Crippen molar-refractivity contribution in [3.05, 3.63) is 134 Å². The molecule has 0 amide bonds. The van der Waals surface area contributed by atoms with Crippen LogP contribution >= 0.6 is 7.82 Å². The van der Waals surface area contributed by atoms with E-state index >= 15 is 0 Å². The molecule has 0 aromatic rings. The summed E-state index contributed by atoms with van der Waals surface area (Å²) < 4.78 is 32.8. The van der Waals surface area contributed by atoms with Crippen molar-refractivity contribution in [1.29, 1.82) is 0 Å². The summed E-state index contributed by atoms with van der Waals surface area (Å²) in [6, 6.07) is 0. The maximum Gasteiger partial charge on any atom is 0.472 e. The van der Waals surface area contributed by atoms with Gasteiger partial charge >= 0.3 is 19.8 Å². The topological polar surface area (TPSA) is 134 Å².